The number of piperidine rings is 1. The first-order valence-corrected chi connectivity index (χ1v) is 9.76. The molecule has 1 N–H and O–H groups in total. The molecule has 1 aliphatic heterocycles. The molecule has 25 heavy (non-hydrogen) atoms. The SMILES string of the molecule is CC1C2CCC[C@]1(c1cccc(O)c1)CCN2CCc1ccccc1. The van der Waals surface area contributed by atoms with Crippen molar-refractivity contribution in [3.8, 4) is 5.75 Å². The number of hydrogen-bond donors (Lipinski definition) is 1. The van der Waals surface area contributed by atoms with Gasteiger partial charge in [-0.05, 0) is 61.4 Å². The maximum atomic E-state index is 9.98. The summed E-state index contributed by atoms with van der Waals surface area (Å²) in [7, 11) is 0. The van der Waals surface area contributed by atoms with Crippen LogP contribution in [0.15, 0.2) is 54.6 Å². The van der Waals surface area contributed by atoms with Crippen molar-refractivity contribution in [3.05, 3.63) is 65.7 Å². The Morgan fingerprint density at radius 1 is 1.08 bits per heavy atom. The number of fused-ring (bicyclic) bond motifs is 2. The predicted octanol–water partition coefficient (Wildman–Crippen LogP) is 4.77. The molecule has 0 spiro atoms. The molecule has 0 aromatic heterocycles. The van der Waals surface area contributed by atoms with Crippen molar-refractivity contribution in [2.75, 3.05) is 13.1 Å². The van der Waals surface area contributed by atoms with Crippen molar-refractivity contribution in [2.45, 2.75) is 50.5 Å². The van der Waals surface area contributed by atoms with Gasteiger partial charge in [0, 0.05) is 18.0 Å². The number of phenols is 1. The van der Waals surface area contributed by atoms with E-state index in [-0.39, 0.29) is 5.41 Å². The number of aromatic hydroxyl groups is 1. The largest absolute Gasteiger partial charge is 0.508 e. The van der Waals surface area contributed by atoms with Crippen LogP contribution >= 0.6 is 0 Å². The third-order valence-corrected chi connectivity index (χ3v) is 6.84. The van der Waals surface area contributed by atoms with Crippen molar-refractivity contribution in [1.29, 1.82) is 0 Å². The Labute approximate surface area is 151 Å². The monoisotopic (exact) mass is 335 g/mol. The fourth-order valence-corrected chi connectivity index (χ4v) is 5.40. The summed E-state index contributed by atoms with van der Waals surface area (Å²) in [5, 5.41) is 9.98. The Balaban J connectivity index is 1.52. The van der Waals surface area contributed by atoms with E-state index in [4.69, 9.17) is 0 Å². The Morgan fingerprint density at radius 3 is 2.72 bits per heavy atom. The normalized spacial score (nSPS) is 29.5. The summed E-state index contributed by atoms with van der Waals surface area (Å²) in [5.74, 6) is 1.06. The molecule has 2 heteroatoms. The Morgan fingerprint density at radius 2 is 1.92 bits per heavy atom. The number of likely N-dealkylation sites (tertiary alicyclic amines) is 1. The van der Waals surface area contributed by atoms with Crippen molar-refractivity contribution < 1.29 is 5.11 Å². The maximum absolute atomic E-state index is 9.98. The molecule has 0 radical (unpaired) electrons. The van der Waals surface area contributed by atoms with Crippen LogP contribution in [0.4, 0.5) is 0 Å². The molecule has 2 aromatic rings. The minimum Gasteiger partial charge on any atom is -0.508 e. The Bertz CT molecular complexity index is 713. The van der Waals surface area contributed by atoms with Gasteiger partial charge in [0.2, 0.25) is 0 Å². The van der Waals surface area contributed by atoms with E-state index in [0.29, 0.717) is 17.7 Å². The molecule has 1 heterocycles. The fraction of sp³-hybridized carbons (Fsp3) is 0.478. The Hall–Kier alpha value is -1.80. The number of phenolic OH excluding ortho intramolecular Hbond substituents is 1. The van der Waals surface area contributed by atoms with E-state index in [0.717, 1.165) is 13.0 Å². The van der Waals surface area contributed by atoms with E-state index in [1.807, 2.05) is 12.1 Å². The van der Waals surface area contributed by atoms with Gasteiger partial charge in [-0.1, -0.05) is 55.8 Å². The Kier molecular flexibility index (Phi) is 4.56. The lowest BCUT2D eigenvalue weighted by molar-refractivity contribution is -0.00242. The highest BCUT2D eigenvalue weighted by Crippen LogP contribution is 2.51. The van der Waals surface area contributed by atoms with Crippen LogP contribution < -0.4 is 0 Å². The second-order valence-corrected chi connectivity index (χ2v) is 7.98. The quantitative estimate of drug-likeness (QED) is 0.870. The molecule has 4 rings (SSSR count). The van der Waals surface area contributed by atoms with Gasteiger partial charge in [0.1, 0.15) is 5.75 Å². The fourth-order valence-electron chi connectivity index (χ4n) is 5.40. The van der Waals surface area contributed by atoms with Gasteiger partial charge in [-0.15, -0.1) is 0 Å². The summed E-state index contributed by atoms with van der Waals surface area (Å²) >= 11 is 0. The lowest BCUT2D eigenvalue weighted by atomic mass is 9.57. The highest BCUT2D eigenvalue weighted by atomic mass is 16.3. The van der Waals surface area contributed by atoms with Gasteiger partial charge in [0.05, 0.1) is 0 Å². The summed E-state index contributed by atoms with van der Waals surface area (Å²) in [4.78, 5) is 2.73. The third kappa shape index (κ3) is 3.08. The summed E-state index contributed by atoms with van der Waals surface area (Å²) in [6, 6.07) is 19.6. The first-order valence-electron chi connectivity index (χ1n) is 9.76. The van der Waals surface area contributed by atoms with Gasteiger partial charge in [0.25, 0.3) is 0 Å². The molecule has 2 nitrogen and oxygen atoms in total. The molecular weight excluding hydrogens is 306 g/mol. The van der Waals surface area contributed by atoms with Crippen LogP contribution in [0.3, 0.4) is 0 Å². The minimum atomic E-state index is 0.255. The van der Waals surface area contributed by atoms with Crippen LogP contribution in [-0.2, 0) is 11.8 Å². The van der Waals surface area contributed by atoms with Crippen LogP contribution in [-0.4, -0.2) is 29.1 Å². The van der Waals surface area contributed by atoms with Crippen LogP contribution in [0.25, 0.3) is 0 Å². The minimum absolute atomic E-state index is 0.255. The smallest absolute Gasteiger partial charge is 0.115 e. The standard InChI is InChI=1S/C23H29NO/c1-18-22-11-6-13-23(18,20-9-5-10-21(25)17-20)14-16-24(22)15-12-19-7-3-2-4-8-19/h2-5,7-10,17-18,22,25H,6,11-16H2,1H3/t18?,22?,23-/m0/s1. The maximum Gasteiger partial charge on any atom is 0.115 e. The van der Waals surface area contributed by atoms with Crippen LogP contribution in [0, 0.1) is 5.92 Å². The van der Waals surface area contributed by atoms with E-state index in [1.54, 1.807) is 6.07 Å². The molecule has 132 valence electrons. The average Bonchev–Trinajstić information content (AvgIpc) is 2.62. The van der Waals surface area contributed by atoms with Gasteiger partial charge in [-0.3, -0.25) is 4.90 Å². The summed E-state index contributed by atoms with van der Waals surface area (Å²) in [6.45, 7) is 4.79. The summed E-state index contributed by atoms with van der Waals surface area (Å²) in [5.41, 5.74) is 3.05. The molecular formula is C23H29NO. The van der Waals surface area contributed by atoms with Crippen molar-refractivity contribution in [1.82, 2.24) is 4.90 Å². The molecule has 1 saturated heterocycles. The second-order valence-electron chi connectivity index (χ2n) is 7.98. The van der Waals surface area contributed by atoms with E-state index in [1.165, 1.54) is 43.4 Å². The molecule has 1 aliphatic carbocycles. The van der Waals surface area contributed by atoms with Crippen molar-refractivity contribution in [2.24, 2.45) is 5.92 Å². The molecule has 3 atom stereocenters. The van der Waals surface area contributed by atoms with Crippen LogP contribution in [0.1, 0.15) is 43.7 Å². The summed E-state index contributed by atoms with van der Waals surface area (Å²) < 4.78 is 0. The van der Waals surface area contributed by atoms with Gasteiger partial charge in [-0.2, -0.15) is 0 Å². The molecule has 2 bridgehead atoms. The van der Waals surface area contributed by atoms with Gasteiger partial charge < -0.3 is 5.11 Å². The zero-order chi connectivity index (χ0) is 17.3. The van der Waals surface area contributed by atoms with E-state index in [9.17, 15) is 5.11 Å². The number of benzene rings is 2. The zero-order valence-corrected chi connectivity index (χ0v) is 15.2. The van der Waals surface area contributed by atoms with Crippen LogP contribution in [0.2, 0.25) is 0 Å². The highest BCUT2D eigenvalue weighted by molar-refractivity contribution is 5.35. The highest BCUT2D eigenvalue weighted by Gasteiger charge is 2.49. The molecule has 2 aliphatic rings. The van der Waals surface area contributed by atoms with Crippen LogP contribution in [0.5, 0.6) is 5.75 Å². The van der Waals surface area contributed by atoms with E-state index in [2.05, 4.69) is 48.2 Å². The molecule has 2 unspecified atom stereocenters. The van der Waals surface area contributed by atoms with E-state index >= 15 is 0 Å². The molecule has 0 amide bonds. The predicted molar refractivity (Wildman–Crippen MR) is 103 cm³/mol. The molecule has 2 fully saturated rings. The van der Waals surface area contributed by atoms with Gasteiger partial charge >= 0.3 is 0 Å². The topological polar surface area (TPSA) is 23.5 Å². The van der Waals surface area contributed by atoms with Gasteiger partial charge in [-0.25, -0.2) is 0 Å². The second kappa shape index (κ2) is 6.84. The van der Waals surface area contributed by atoms with Crippen molar-refractivity contribution >= 4 is 0 Å². The van der Waals surface area contributed by atoms with Gasteiger partial charge in [0.15, 0.2) is 0 Å². The zero-order valence-electron chi connectivity index (χ0n) is 15.2. The third-order valence-electron chi connectivity index (χ3n) is 6.84. The lowest BCUT2D eigenvalue weighted by Crippen LogP contribution is -2.58. The molecule has 1 saturated carbocycles. The summed E-state index contributed by atoms with van der Waals surface area (Å²) in [6.07, 6.45) is 6.23. The number of nitrogens with zero attached hydrogens (tertiary/aromatic N) is 1. The number of hydrogen-bond acceptors (Lipinski definition) is 2. The first-order chi connectivity index (χ1) is 12.2. The van der Waals surface area contributed by atoms with Crippen molar-refractivity contribution in [3.63, 3.8) is 0 Å². The number of rotatable bonds is 4. The first kappa shape index (κ1) is 16.7. The van der Waals surface area contributed by atoms with E-state index < -0.39 is 0 Å². The average molecular weight is 335 g/mol. The lowest BCUT2D eigenvalue weighted by Gasteiger charge is -2.55. The molecule has 2 aromatic carbocycles.